The van der Waals surface area contributed by atoms with Crippen molar-refractivity contribution in [3.05, 3.63) is 0 Å². The van der Waals surface area contributed by atoms with Crippen LogP contribution in [0.4, 0.5) is 0 Å². The van der Waals surface area contributed by atoms with E-state index in [1.165, 1.54) is 37.2 Å². The van der Waals surface area contributed by atoms with Gasteiger partial charge in [-0.25, -0.2) is 0 Å². The average molecular weight is 215 g/mol. The number of hydrogen-bond acceptors (Lipinski definition) is 2. The molecule has 84 valence electrons. The van der Waals surface area contributed by atoms with E-state index in [9.17, 15) is 0 Å². The van der Waals surface area contributed by atoms with Crippen LogP contribution in [0.3, 0.4) is 0 Å². The van der Waals surface area contributed by atoms with Gasteiger partial charge in [0.05, 0.1) is 0 Å². The summed E-state index contributed by atoms with van der Waals surface area (Å²) in [4.78, 5) is 0. The minimum Gasteiger partial charge on any atom is -0.317 e. The fourth-order valence-electron chi connectivity index (χ4n) is 2.32. The van der Waals surface area contributed by atoms with Crippen molar-refractivity contribution < 1.29 is 0 Å². The van der Waals surface area contributed by atoms with Crippen LogP contribution in [0.1, 0.15) is 39.5 Å². The van der Waals surface area contributed by atoms with Crippen molar-refractivity contribution in [2.75, 3.05) is 18.6 Å². The minimum absolute atomic E-state index is 0.814. The van der Waals surface area contributed by atoms with Crippen molar-refractivity contribution in [1.29, 1.82) is 0 Å². The summed E-state index contributed by atoms with van der Waals surface area (Å²) in [7, 11) is 2.12. The summed E-state index contributed by atoms with van der Waals surface area (Å²) in [5.74, 6) is 4.50. The summed E-state index contributed by atoms with van der Waals surface area (Å²) in [5, 5.41) is 3.45. The molecule has 2 atom stereocenters. The molecule has 1 saturated carbocycles. The average Bonchev–Trinajstić information content (AvgIpc) is 2.59. The molecule has 0 heterocycles. The zero-order chi connectivity index (χ0) is 10.4. The monoisotopic (exact) mass is 215 g/mol. The minimum atomic E-state index is 0.814. The van der Waals surface area contributed by atoms with E-state index >= 15 is 0 Å². The molecule has 2 unspecified atom stereocenters. The van der Waals surface area contributed by atoms with Crippen molar-refractivity contribution in [2.45, 2.75) is 45.6 Å². The van der Waals surface area contributed by atoms with Gasteiger partial charge in [0, 0.05) is 6.04 Å². The number of nitrogens with one attached hydrogen (secondary N) is 1. The first-order valence-electron chi connectivity index (χ1n) is 5.99. The summed E-state index contributed by atoms with van der Waals surface area (Å²) in [6.45, 7) is 4.61. The Labute approximate surface area is 93.4 Å². The third-order valence-corrected chi connectivity index (χ3v) is 4.54. The highest BCUT2D eigenvalue weighted by Gasteiger charge is 2.24. The van der Waals surface area contributed by atoms with Gasteiger partial charge in [0.1, 0.15) is 0 Å². The lowest BCUT2D eigenvalue weighted by Gasteiger charge is -2.18. The molecular formula is C12H25NS. The molecule has 0 radical (unpaired) electrons. The van der Waals surface area contributed by atoms with Gasteiger partial charge in [-0.15, -0.1) is 0 Å². The van der Waals surface area contributed by atoms with Crippen LogP contribution in [0, 0.1) is 11.8 Å². The maximum Gasteiger partial charge on any atom is 0.00926 e. The molecular weight excluding hydrogens is 190 g/mol. The Morgan fingerprint density at radius 3 is 2.79 bits per heavy atom. The van der Waals surface area contributed by atoms with Crippen molar-refractivity contribution >= 4 is 11.8 Å². The van der Waals surface area contributed by atoms with E-state index in [2.05, 4.69) is 38.0 Å². The molecule has 0 aromatic carbocycles. The Kier molecular flexibility index (Phi) is 5.95. The second-order valence-corrected chi connectivity index (χ2v) is 5.99. The molecule has 1 fully saturated rings. The number of thioether (sulfide) groups is 1. The Morgan fingerprint density at radius 2 is 2.14 bits per heavy atom. The number of hydrogen-bond donors (Lipinski definition) is 1. The predicted octanol–water partition coefficient (Wildman–Crippen LogP) is 3.15. The molecule has 1 nitrogen and oxygen atoms in total. The van der Waals surface area contributed by atoms with E-state index in [-0.39, 0.29) is 0 Å². The molecule has 1 rings (SSSR count). The van der Waals surface area contributed by atoms with E-state index < -0.39 is 0 Å². The third kappa shape index (κ3) is 4.22. The van der Waals surface area contributed by atoms with Crippen LogP contribution in [0.5, 0.6) is 0 Å². The van der Waals surface area contributed by atoms with Crippen LogP contribution in [-0.4, -0.2) is 24.6 Å². The summed E-state index contributed by atoms with van der Waals surface area (Å²) >= 11 is 2.13. The normalized spacial score (nSPS) is 27.4. The first-order chi connectivity index (χ1) is 6.74. The molecule has 0 aliphatic heterocycles. The van der Waals surface area contributed by atoms with Crippen LogP contribution >= 0.6 is 11.8 Å². The maximum atomic E-state index is 3.45. The quantitative estimate of drug-likeness (QED) is 0.683. The largest absolute Gasteiger partial charge is 0.317 e. The lowest BCUT2D eigenvalue weighted by molar-refractivity contribution is 0.417. The predicted molar refractivity (Wildman–Crippen MR) is 67.0 cm³/mol. The summed E-state index contributed by atoms with van der Waals surface area (Å²) in [5.41, 5.74) is 0. The lowest BCUT2D eigenvalue weighted by Crippen LogP contribution is -2.29. The van der Waals surface area contributed by atoms with Crippen LogP contribution in [0.15, 0.2) is 0 Å². The van der Waals surface area contributed by atoms with Gasteiger partial charge in [0.15, 0.2) is 0 Å². The molecule has 0 bridgehead atoms. The van der Waals surface area contributed by atoms with Crippen LogP contribution in [0.2, 0.25) is 0 Å². The molecule has 14 heavy (non-hydrogen) atoms. The molecule has 1 aliphatic rings. The van der Waals surface area contributed by atoms with E-state index in [1.807, 2.05) is 0 Å². The summed E-state index contributed by atoms with van der Waals surface area (Å²) < 4.78 is 0. The molecule has 0 amide bonds. The first-order valence-corrected chi connectivity index (χ1v) is 7.14. The molecule has 0 aromatic heterocycles. The maximum absolute atomic E-state index is 3.45. The third-order valence-electron chi connectivity index (χ3n) is 3.11. The van der Waals surface area contributed by atoms with Gasteiger partial charge in [-0.05, 0) is 49.7 Å². The Hall–Kier alpha value is 0.310. The molecule has 0 spiro atoms. The van der Waals surface area contributed by atoms with Gasteiger partial charge >= 0.3 is 0 Å². The van der Waals surface area contributed by atoms with Crippen LogP contribution < -0.4 is 5.32 Å². The van der Waals surface area contributed by atoms with E-state index in [4.69, 9.17) is 0 Å². The van der Waals surface area contributed by atoms with Gasteiger partial charge in [-0.2, -0.15) is 11.8 Å². The smallest absolute Gasteiger partial charge is 0.00926 e. The lowest BCUT2D eigenvalue weighted by atomic mass is 10.0. The fraction of sp³-hybridized carbons (Fsp3) is 1.00. The van der Waals surface area contributed by atoms with Gasteiger partial charge in [-0.3, -0.25) is 0 Å². The highest BCUT2D eigenvalue weighted by molar-refractivity contribution is 7.99. The first kappa shape index (κ1) is 12.4. The second kappa shape index (κ2) is 6.73. The topological polar surface area (TPSA) is 12.0 Å². The zero-order valence-corrected chi connectivity index (χ0v) is 10.7. The SMILES string of the molecule is CNC1CCCC1CCSCC(C)C. The van der Waals surface area contributed by atoms with Crippen molar-refractivity contribution in [3.63, 3.8) is 0 Å². The van der Waals surface area contributed by atoms with Crippen LogP contribution in [0.25, 0.3) is 0 Å². The number of rotatable bonds is 6. The van der Waals surface area contributed by atoms with E-state index in [1.54, 1.807) is 0 Å². The highest BCUT2D eigenvalue weighted by Crippen LogP contribution is 2.29. The van der Waals surface area contributed by atoms with E-state index in [0.29, 0.717) is 0 Å². The van der Waals surface area contributed by atoms with Gasteiger partial charge in [-0.1, -0.05) is 20.3 Å². The molecule has 1 aliphatic carbocycles. The van der Waals surface area contributed by atoms with Crippen molar-refractivity contribution in [2.24, 2.45) is 11.8 Å². The van der Waals surface area contributed by atoms with Crippen molar-refractivity contribution in [1.82, 2.24) is 5.32 Å². The molecule has 0 aromatic rings. The zero-order valence-electron chi connectivity index (χ0n) is 9.88. The van der Waals surface area contributed by atoms with Crippen molar-refractivity contribution in [3.8, 4) is 0 Å². The van der Waals surface area contributed by atoms with Gasteiger partial charge < -0.3 is 5.32 Å². The summed E-state index contributed by atoms with van der Waals surface area (Å²) in [6.07, 6.45) is 5.71. The van der Waals surface area contributed by atoms with Crippen LogP contribution in [-0.2, 0) is 0 Å². The standard InChI is InChI=1S/C12H25NS/c1-10(2)9-14-8-7-11-5-4-6-12(11)13-3/h10-13H,4-9H2,1-3H3. The van der Waals surface area contributed by atoms with Gasteiger partial charge in [0.2, 0.25) is 0 Å². The Balaban J connectivity index is 2.05. The molecule has 2 heteroatoms. The Bertz CT molecular complexity index is 147. The van der Waals surface area contributed by atoms with Gasteiger partial charge in [0.25, 0.3) is 0 Å². The summed E-state index contributed by atoms with van der Waals surface area (Å²) in [6, 6.07) is 0.814. The molecule has 0 saturated heterocycles. The second-order valence-electron chi connectivity index (χ2n) is 4.84. The molecule has 1 N–H and O–H groups in total. The Morgan fingerprint density at radius 1 is 1.36 bits per heavy atom. The fourth-order valence-corrected chi connectivity index (χ4v) is 3.42. The highest BCUT2D eigenvalue weighted by atomic mass is 32.2. The van der Waals surface area contributed by atoms with E-state index in [0.717, 1.165) is 17.9 Å².